The molecule has 19 heteroatoms. The fourth-order valence-electron chi connectivity index (χ4n) is 11.2. The second kappa shape index (κ2) is 19.8. The summed E-state index contributed by atoms with van der Waals surface area (Å²) in [6.45, 7) is 12.9. The van der Waals surface area contributed by atoms with Crippen LogP contribution in [0.25, 0.3) is 21.9 Å². The van der Waals surface area contributed by atoms with Crippen LogP contribution in [0.4, 0.5) is 9.18 Å². The average molecular weight is 1030 g/mol. The minimum Gasteiger partial charge on any atom is -0.492 e. The van der Waals surface area contributed by atoms with Gasteiger partial charge in [-0.1, -0.05) is 58.2 Å². The number of likely N-dealkylation sites (tertiary alicyclic amines) is 1. The highest BCUT2D eigenvalue weighted by atomic mass is 32.2. The van der Waals surface area contributed by atoms with Gasteiger partial charge in [0.2, 0.25) is 27.7 Å². The molecule has 392 valence electrons. The van der Waals surface area contributed by atoms with E-state index in [1.807, 2.05) is 45.0 Å². The van der Waals surface area contributed by atoms with E-state index in [1.54, 1.807) is 13.0 Å². The first-order chi connectivity index (χ1) is 34.9. The molecule has 5 fully saturated rings. The molecule has 8 atom stereocenters. The monoisotopic (exact) mass is 1020 g/mol. The van der Waals surface area contributed by atoms with Crippen molar-refractivity contribution < 1.29 is 46.2 Å². The summed E-state index contributed by atoms with van der Waals surface area (Å²) in [5.41, 5.74) is 0.425. The standard InChI is InChI=1S/C54H69FN8O9S/c1-6-33-30-54(33,50(66)61-73(68,69)53(5)22-23-53)60-47(64)42-29-35-31-63(42)49(65)45(52(2,3)4)59-51(67)72-43-27-32(43)15-8-7-9-17-37-44(36-16-10-11-18-38(36)58-48(37)71-35)70-26-14-25-62-24-13-12-19-41(62)46-56-39-21-20-34(55)28-40(39)57-46/h6,10-11,16,18,20-21,28,32-33,35,41-43,45H,1,7-9,12-15,17,19,22-27,29-31H2,2-5H3,(H,56,57)(H,59,67)(H,60,64)(H,61,66)/t32?,33-,35-,41?,42+,43-,45-,54-/m1/s1. The quantitative estimate of drug-likeness (QED) is 0.0813. The Hall–Kier alpha value is -5.82. The third-order valence-corrected chi connectivity index (χ3v) is 18.3. The molecule has 2 aromatic heterocycles. The molecule has 73 heavy (non-hydrogen) atoms. The molecule has 3 saturated carbocycles. The van der Waals surface area contributed by atoms with Gasteiger partial charge in [0.1, 0.15) is 47.2 Å². The number of nitrogens with one attached hydrogen (secondary N) is 4. The van der Waals surface area contributed by atoms with Crippen LogP contribution >= 0.6 is 0 Å². The summed E-state index contributed by atoms with van der Waals surface area (Å²) >= 11 is 0. The third-order valence-electron chi connectivity index (χ3n) is 16.1. The van der Waals surface area contributed by atoms with Gasteiger partial charge < -0.3 is 34.7 Å². The zero-order chi connectivity index (χ0) is 51.5. The van der Waals surface area contributed by atoms with Gasteiger partial charge in [-0.3, -0.25) is 24.0 Å². The van der Waals surface area contributed by atoms with Gasteiger partial charge in [-0.2, -0.15) is 0 Å². The zero-order valence-electron chi connectivity index (χ0n) is 42.3. The van der Waals surface area contributed by atoms with Crippen molar-refractivity contribution in [2.75, 3.05) is 26.2 Å². The van der Waals surface area contributed by atoms with Crippen molar-refractivity contribution in [3.8, 4) is 11.6 Å². The van der Waals surface area contributed by atoms with Crippen LogP contribution in [0.1, 0.15) is 129 Å². The lowest BCUT2D eigenvalue weighted by atomic mass is 9.85. The molecule has 6 aliphatic rings. The summed E-state index contributed by atoms with van der Waals surface area (Å²) in [6, 6.07) is 10.1. The maximum atomic E-state index is 15.0. The lowest BCUT2D eigenvalue weighted by Crippen LogP contribution is -2.60. The molecule has 2 saturated heterocycles. The topological polar surface area (TPSA) is 214 Å². The van der Waals surface area contributed by atoms with E-state index >= 15 is 4.79 Å². The number of halogens is 1. The first kappa shape index (κ1) is 50.7. The number of fused-ring (bicyclic) bond motifs is 6. The maximum Gasteiger partial charge on any atom is 0.408 e. The van der Waals surface area contributed by atoms with Crippen molar-refractivity contribution in [3.63, 3.8) is 0 Å². The molecular weight excluding hydrogens is 956 g/mol. The summed E-state index contributed by atoms with van der Waals surface area (Å²) in [6.07, 6.45) is 9.29. The molecule has 5 heterocycles. The van der Waals surface area contributed by atoms with Crippen molar-refractivity contribution in [1.82, 2.24) is 40.1 Å². The summed E-state index contributed by atoms with van der Waals surface area (Å²) in [7, 11) is -4.04. The molecule has 3 aliphatic carbocycles. The minimum absolute atomic E-state index is 0.00320. The first-order valence-corrected chi connectivity index (χ1v) is 27.7. The predicted molar refractivity (Wildman–Crippen MR) is 271 cm³/mol. The van der Waals surface area contributed by atoms with E-state index in [1.165, 1.54) is 23.1 Å². The number of sulfonamides is 1. The highest BCUT2D eigenvalue weighted by Crippen LogP contribution is 2.48. The van der Waals surface area contributed by atoms with E-state index in [2.05, 4.69) is 31.8 Å². The number of ether oxygens (including phenoxy) is 3. The molecule has 2 unspecified atom stereocenters. The smallest absolute Gasteiger partial charge is 0.408 e. The number of aromatic amines is 1. The molecule has 2 aromatic carbocycles. The van der Waals surface area contributed by atoms with Gasteiger partial charge in [-0.25, -0.2) is 27.6 Å². The number of para-hydroxylation sites is 1. The summed E-state index contributed by atoms with van der Waals surface area (Å²) < 4.78 is 61.4. The zero-order valence-corrected chi connectivity index (χ0v) is 43.2. The molecule has 17 nitrogen and oxygen atoms in total. The number of pyridine rings is 1. The van der Waals surface area contributed by atoms with E-state index in [4.69, 9.17) is 24.2 Å². The van der Waals surface area contributed by atoms with Crippen LogP contribution in [0.15, 0.2) is 55.1 Å². The van der Waals surface area contributed by atoms with Gasteiger partial charge in [0, 0.05) is 24.3 Å². The van der Waals surface area contributed by atoms with Crippen molar-refractivity contribution in [3.05, 3.63) is 72.3 Å². The second-order valence-corrected chi connectivity index (χ2v) is 24.8. The van der Waals surface area contributed by atoms with Crippen LogP contribution in [-0.2, 0) is 35.6 Å². The van der Waals surface area contributed by atoms with Crippen LogP contribution in [0.2, 0.25) is 0 Å². The molecule has 0 radical (unpaired) electrons. The summed E-state index contributed by atoms with van der Waals surface area (Å²) in [5, 5.41) is 6.55. The fourth-order valence-corrected chi connectivity index (χ4v) is 12.5. The highest BCUT2D eigenvalue weighted by molar-refractivity contribution is 7.91. The first-order valence-electron chi connectivity index (χ1n) is 26.3. The Morgan fingerprint density at radius 2 is 1.81 bits per heavy atom. The highest BCUT2D eigenvalue weighted by Gasteiger charge is 2.63. The minimum atomic E-state index is -4.04. The number of carbonyl (C=O) groups is 4. The number of H-pyrrole nitrogens is 1. The van der Waals surface area contributed by atoms with Gasteiger partial charge >= 0.3 is 6.09 Å². The number of imidazole rings is 1. The molecule has 4 N–H and O–H groups in total. The summed E-state index contributed by atoms with van der Waals surface area (Å²) in [5.74, 6) is -0.869. The SMILES string of the molecule is C=C[C@@H]1C[C@]1(NC(=O)[C@@H]1C[C@@H]2CN1C(=O)[C@H](C(C)(C)C)NC(=O)O[C@@H]1CC1CCCCCc1c(nc3ccccc3c1OCCCN1CCCCC1c1nc3ccc(F)cc3[nH]1)O2)C(=O)NS(=O)(=O)C1(C)CC1. The predicted octanol–water partition coefficient (Wildman–Crippen LogP) is 7.30. The Bertz CT molecular complexity index is 2920. The molecule has 10 rings (SSSR count). The normalized spacial score (nSPS) is 28.6. The molecule has 0 spiro atoms. The number of carbonyl (C=O) groups excluding carboxylic acids is 4. The van der Waals surface area contributed by atoms with Gasteiger partial charge in [-0.15, -0.1) is 6.58 Å². The van der Waals surface area contributed by atoms with Crippen molar-refractivity contribution >= 4 is 55.8 Å². The Kier molecular flexibility index (Phi) is 13.7. The Balaban J connectivity index is 0.938. The number of amides is 4. The Morgan fingerprint density at radius 3 is 2.58 bits per heavy atom. The van der Waals surface area contributed by atoms with Crippen LogP contribution in [-0.4, -0.2) is 118 Å². The van der Waals surface area contributed by atoms with Crippen LogP contribution in [0, 0.1) is 23.1 Å². The fraction of sp³-hybridized carbons (Fsp3) is 0.593. The molecule has 4 aromatic rings. The van der Waals surface area contributed by atoms with E-state index in [-0.39, 0.29) is 43.3 Å². The van der Waals surface area contributed by atoms with Crippen molar-refractivity contribution in [1.29, 1.82) is 0 Å². The van der Waals surface area contributed by atoms with Crippen LogP contribution in [0.3, 0.4) is 0 Å². The maximum absolute atomic E-state index is 15.0. The van der Waals surface area contributed by atoms with Crippen LogP contribution in [0.5, 0.6) is 11.6 Å². The second-order valence-electron chi connectivity index (χ2n) is 22.6. The molecule has 4 amide bonds. The number of benzene rings is 2. The lowest BCUT2D eigenvalue weighted by Gasteiger charge is -2.35. The van der Waals surface area contributed by atoms with Gasteiger partial charge in [-0.05, 0) is 119 Å². The number of hydrogen-bond acceptors (Lipinski definition) is 12. The lowest BCUT2D eigenvalue weighted by molar-refractivity contribution is -0.142. The molecule has 2 bridgehead atoms. The van der Waals surface area contributed by atoms with Gasteiger partial charge in [0.25, 0.3) is 5.91 Å². The van der Waals surface area contributed by atoms with E-state index in [9.17, 15) is 27.2 Å². The summed E-state index contributed by atoms with van der Waals surface area (Å²) in [4.78, 5) is 74.4. The van der Waals surface area contributed by atoms with E-state index in [0.29, 0.717) is 55.0 Å². The van der Waals surface area contributed by atoms with Crippen molar-refractivity contribution in [2.24, 2.45) is 17.3 Å². The Morgan fingerprint density at radius 1 is 1.01 bits per heavy atom. The van der Waals surface area contributed by atoms with E-state index in [0.717, 1.165) is 86.7 Å². The van der Waals surface area contributed by atoms with Crippen molar-refractivity contribution in [2.45, 2.75) is 158 Å². The van der Waals surface area contributed by atoms with E-state index < -0.39 is 73.6 Å². The third kappa shape index (κ3) is 10.5. The van der Waals surface area contributed by atoms with Gasteiger partial charge in [0.05, 0.1) is 46.1 Å². The van der Waals surface area contributed by atoms with Crippen LogP contribution < -0.4 is 24.8 Å². The number of rotatable bonds is 12. The number of piperidine rings is 1. The number of nitrogens with zero attached hydrogens (tertiary/aromatic N) is 4. The molecular formula is C54H69FN8O9S. The molecule has 3 aliphatic heterocycles. The van der Waals surface area contributed by atoms with Gasteiger partial charge in [0.15, 0.2) is 0 Å². The Labute approximate surface area is 426 Å². The average Bonchev–Trinajstić information content (AvgIpc) is 4.31. The number of alkyl carbamates (subject to hydrolysis) is 1. The number of aromatic nitrogens is 3. The largest absolute Gasteiger partial charge is 0.492 e. The number of hydrogen-bond donors (Lipinski definition) is 4.